The van der Waals surface area contributed by atoms with Gasteiger partial charge in [0.05, 0.1) is 39.9 Å². The van der Waals surface area contributed by atoms with E-state index in [0.717, 1.165) is 51.4 Å². The second-order valence-corrected chi connectivity index (χ2v) is 24.2. The van der Waals surface area contributed by atoms with Crippen molar-refractivity contribution < 1.29 is 32.9 Å². The lowest BCUT2D eigenvalue weighted by atomic mass is 10.0. The van der Waals surface area contributed by atoms with Crippen molar-refractivity contribution in [2.24, 2.45) is 0 Å². The topological polar surface area (TPSA) is 105 Å². The minimum absolute atomic E-state index is 0.0626. The Morgan fingerprint density at radius 3 is 1.14 bits per heavy atom. The molecule has 3 N–H and O–H groups in total. The summed E-state index contributed by atoms with van der Waals surface area (Å²) in [5.74, 6) is -0.173. The number of aliphatic hydroxyl groups excluding tert-OH is 1. The van der Waals surface area contributed by atoms with E-state index in [2.05, 4.69) is 55.6 Å². The van der Waals surface area contributed by atoms with Crippen LogP contribution in [0.5, 0.6) is 0 Å². The standard InChI is InChI=1S/C64H123N2O6P/c1-6-8-10-12-14-16-18-20-22-24-25-26-27-28-29-30-31-32-33-34-35-36-37-38-39-40-41-42-44-46-48-50-52-54-56-58-64(68)65-62(61-72-73(69,70)71-60-59-66(3,4)5)63(67)57-55-53-51-49-47-45-43-23-21-19-17-15-13-11-9-7-2/h18,20,24-25,27-28,55,57,62-63,67H,6-17,19,21-23,26,29-54,56,58-61H2,1-5H3,(H-,65,68,69,70)/p+1/b20-18-,25-24-,28-27-,57-55+. The zero-order valence-corrected chi connectivity index (χ0v) is 50.0. The lowest BCUT2D eigenvalue weighted by Crippen LogP contribution is -2.45. The summed E-state index contributed by atoms with van der Waals surface area (Å²) in [5, 5.41) is 13.9. The highest BCUT2D eigenvalue weighted by molar-refractivity contribution is 7.47. The molecule has 0 saturated heterocycles. The molecule has 3 atom stereocenters. The molecule has 0 spiro atoms. The largest absolute Gasteiger partial charge is 0.472 e. The van der Waals surface area contributed by atoms with Crippen LogP contribution >= 0.6 is 7.82 Å². The van der Waals surface area contributed by atoms with Crippen molar-refractivity contribution in [1.82, 2.24) is 5.32 Å². The van der Waals surface area contributed by atoms with Gasteiger partial charge in [-0.2, -0.15) is 0 Å². The number of aliphatic hydroxyl groups is 1. The van der Waals surface area contributed by atoms with E-state index in [0.29, 0.717) is 17.4 Å². The quantitative estimate of drug-likeness (QED) is 0.0243. The van der Waals surface area contributed by atoms with Crippen LogP contribution in [-0.4, -0.2) is 73.4 Å². The zero-order valence-electron chi connectivity index (χ0n) is 49.1. The molecular weight excluding hydrogens is 924 g/mol. The Bertz CT molecular complexity index is 1330. The third kappa shape index (κ3) is 58.0. The summed E-state index contributed by atoms with van der Waals surface area (Å²) in [6.45, 7) is 4.83. The number of hydrogen-bond donors (Lipinski definition) is 3. The monoisotopic (exact) mass is 1050 g/mol. The molecule has 0 aromatic heterocycles. The van der Waals surface area contributed by atoms with E-state index in [1.165, 1.54) is 231 Å². The van der Waals surface area contributed by atoms with Crippen LogP contribution in [0.2, 0.25) is 0 Å². The van der Waals surface area contributed by atoms with E-state index in [9.17, 15) is 19.4 Å². The van der Waals surface area contributed by atoms with Crippen molar-refractivity contribution in [3.05, 3.63) is 48.6 Å². The molecule has 8 nitrogen and oxygen atoms in total. The van der Waals surface area contributed by atoms with Crippen LogP contribution in [-0.2, 0) is 18.4 Å². The van der Waals surface area contributed by atoms with Gasteiger partial charge in [-0.3, -0.25) is 13.8 Å². The van der Waals surface area contributed by atoms with Gasteiger partial charge in [-0.1, -0.05) is 287 Å². The molecule has 0 saturated carbocycles. The van der Waals surface area contributed by atoms with Crippen LogP contribution < -0.4 is 5.32 Å². The Morgan fingerprint density at radius 2 is 0.781 bits per heavy atom. The molecule has 0 radical (unpaired) electrons. The van der Waals surface area contributed by atoms with Crippen molar-refractivity contribution in [3.8, 4) is 0 Å². The van der Waals surface area contributed by atoms with Crippen molar-refractivity contribution in [1.29, 1.82) is 0 Å². The number of carbonyl (C=O) groups is 1. The van der Waals surface area contributed by atoms with Crippen molar-refractivity contribution in [2.45, 2.75) is 315 Å². The van der Waals surface area contributed by atoms with Crippen LogP contribution in [0.25, 0.3) is 0 Å². The first kappa shape index (κ1) is 71.5. The number of phosphoric ester groups is 1. The highest BCUT2D eigenvalue weighted by Gasteiger charge is 2.27. The van der Waals surface area contributed by atoms with Crippen molar-refractivity contribution in [3.63, 3.8) is 0 Å². The average molecular weight is 1050 g/mol. The number of unbranched alkanes of at least 4 members (excludes halogenated alkanes) is 39. The van der Waals surface area contributed by atoms with Gasteiger partial charge in [-0.05, 0) is 57.8 Å². The maximum absolute atomic E-state index is 13.0. The molecule has 0 aromatic carbocycles. The molecule has 3 unspecified atom stereocenters. The molecule has 0 aliphatic heterocycles. The number of carbonyl (C=O) groups excluding carboxylic acids is 1. The van der Waals surface area contributed by atoms with Gasteiger partial charge in [0.2, 0.25) is 5.91 Å². The molecule has 9 heteroatoms. The Hall–Kier alpha value is -1.54. The highest BCUT2D eigenvalue weighted by atomic mass is 31.2. The van der Waals surface area contributed by atoms with Crippen LogP contribution in [0.15, 0.2) is 48.6 Å². The van der Waals surface area contributed by atoms with E-state index in [1.54, 1.807) is 6.08 Å². The van der Waals surface area contributed by atoms with E-state index in [1.807, 2.05) is 27.2 Å². The summed E-state index contributed by atoms with van der Waals surface area (Å²) < 4.78 is 23.7. The molecule has 0 bridgehead atoms. The Kier molecular flexibility index (Phi) is 54.1. The number of amides is 1. The number of hydrogen-bond acceptors (Lipinski definition) is 5. The average Bonchev–Trinajstić information content (AvgIpc) is 3.35. The first-order chi connectivity index (χ1) is 35.5. The first-order valence-corrected chi connectivity index (χ1v) is 33.0. The number of allylic oxidation sites excluding steroid dienone is 7. The number of likely N-dealkylation sites (N-methyl/N-ethyl adjacent to an activating group) is 1. The normalized spacial score (nSPS) is 14.1. The maximum atomic E-state index is 13.0. The highest BCUT2D eigenvalue weighted by Crippen LogP contribution is 2.43. The first-order valence-electron chi connectivity index (χ1n) is 31.5. The number of rotatable bonds is 58. The summed E-state index contributed by atoms with van der Waals surface area (Å²) in [4.78, 5) is 23.3. The van der Waals surface area contributed by atoms with Gasteiger partial charge >= 0.3 is 7.82 Å². The molecule has 0 rings (SSSR count). The summed E-state index contributed by atoms with van der Waals surface area (Å²) in [5.41, 5.74) is 0. The molecule has 0 heterocycles. The molecule has 73 heavy (non-hydrogen) atoms. The smallest absolute Gasteiger partial charge is 0.387 e. The van der Waals surface area contributed by atoms with Crippen LogP contribution in [0.3, 0.4) is 0 Å². The van der Waals surface area contributed by atoms with Gasteiger partial charge in [-0.15, -0.1) is 0 Å². The predicted octanol–water partition coefficient (Wildman–Crippen LogP) is 19.5. The van der Waals surface area contributed by atoms with Crippen LogP contribution in [0.1, 0.15) is 303 Å². The number of nitrogens with zero attached hydrogens (tertiary/aromatic N) is 1. The van der Waals surface area contributed by atoms with Gasteiger partial charge in [0.25, 0.3) is 0 Å². The van der Waals surface area contributed by atoms with E-state index in [4.69, 9.17) is 9.05 Å². The molecule has 1 amide bonds. The second kappa shape index (κ2) is 55.2. The van der Waals surface area contributed by atoms with E-state index < -0.39 is 20.0 Å². The maximum Gasteiger partial charge on any atom is 0.472 e. The van der Waals surface area contributed by atoms with E-state index in [-0.39, 0.29) is 19.1 Å². The Morgan fingerprint density at radius 1 is 0.466 bits per heavy atom. The minimum atomic E-state index is -4.35. The van der Waals surface area contributed by atoms with Gasteiger partial charge in [0.15, 0.2) is 0 Å². The lowest BCUT2D eigenvalue weighted by molar-refractivity contribution is -0.870. The Balaban J connectivity index is 4.00. The lowest BCUT2D eigenvalue weighted by Gasteiger charge is -2.25. The van der Waals surface area contributed by atoms with Gasteiger partial charge in [0, 0.05) is 6.42 Å². The predicted molar refractivity (Wildman–Crippen MR) is 318 cm³/mol. The fourth-order valence-corrected chi connectivity index (χ4v) is 10.1. The van der Waals surface area contributed by atoms with Crippen molar-refractivity contribution >= 4 is 13.7 Å². The molecule has 0 aliphatic rings. The number of quaternary nitrogens is 1. The van der Waals surface area contributed by atoms with Crippen molar-refractivity contribution in [2.75, 3.05) is 40.9 Å². The molecule has 0 aliphatic carbocycles. The fraction of sp³-hybridized carbons (Fsp3) is 0.859. The molecule has 0 fully saturated rings. The number of phosphoric acid groups is 1. The third-order valence-corrected chi connectivity index (χ3v) is 15.3. The molecule has 0 aromatic rings. The fourth-order valence-electron chi connectivity index (χ4n) is 9.35. The van der Waals surface area contributed by atoms with E-state index >= 15 is 0 Å². The van der Waals surface area contributed by atoms with Gasteiger partial charge in [-0.25, -0.2) is 4.57 Å². The molecular formula is C64H124N2O6P+. The van der Waals surface area contributed by atoms with Gasteiger partial charge in [0.1, 0.15) is 13.2 Å². The minimum Gasteiger partial charge on any atom is -0.387 e. The summed E-state index contributed by atoms with van der Waals surface area (Å²) in [7, 11) is 1.58. The summed E-state index contributed by atoms with van der Waals surface area (Å²) in [6.07, 6.45) is 73.8. The summed E-state index contributed by atoms with van der Waals surface area (Å²) >= 11 is 0. The van der Waals surface area contributed by atoms with Crippen LogP contribution in [0, 0.1) is 0 Å². The zero-order chi connectivity index (χ0) is 53.5. The SMILES string of the molecule is CCCCCCC/C=C\C/C=C\C/C=C\CCCCCCCCCCCCCCCCCCCCCCC(=O)NC(COP(=O)(O)OCC[N+](C)(C)C)C(O)/C=C/CCCCCCCCCCCCCCCC. The molecule has 430 valence electrons. The Labute approximate surface area is 454 Å². The number of nitrogens with one attached hydrogen (secondary N) is 1. The third-order valence-electron chi connectivity index (χ3n) is 14.3. The summed E-state index contributed by atoms with van der Waals surface area (Å²) in [6, 6.07) is -0.846. The second-order valence-electron chi connectivity index (χ2n) is 22.8. The van der Waals surface area contributed by atoms with Gasteiger partial charge < -0.3 is 19.8 Å². The van der Waals surface area contributed by atoms with Crippen LogP contribution in [0.4, 0.5) is 0 Å².